The van der Waals surface area contributed by atoms with E-state index in [2.05, 4.69) is 10.3 Å². The molecule has 102 valence electrons. The summed E-state index contributed by atoms with van der Waals surface area (Å²) in [6.45, 7) is 1.39. The van der Waals surface area contributed by atoms with Gasteiger partial charge >= 0.3 is 5.97 Å². The van der Waals surface area contributed by atoms with E-state index in [-0.39, 0.29) is 17.4 Å². The molecular weight excluding hydrogens is 260 g/mol. The lowest BCUT2D eigenvalue weighted by molar-refractivity contribution is -0.114. The molecule has 1 aromatic heterocycles. The average molecular weight is 272 g/mol. The van der Waals surface area contributed by atoms with Gasteiger partial charge < -0.3 is 15.2 Å². The number of carboxylic acid groups (broad SMARTS) is 1. The van der Waals surface area contributed by atoms with E-state index < -0.39 is 5.97 Å². The van der Waals surface area contributed by atoms with E-state index >= 15 is 0 Å². The second-order valence-corrected chi connectivity index (χ2v) is 3.97. The van der Waals surface area contributed by atoms with E-state index in [1.54, 1.807) is 24.3 Å². The van der Waals surface area contributed by atoms with Gasteiger partial charge in [-0.1, -0.05) is 12.1 Å². The summed E-state index contributed by atoms with van der Waals surface area (Å²) in [7, 11) is 0. The predicted molar refractivity (Wildman–Crippen MR) is 72.0 cm³/mol. The SMILES string of the molecule is CC(=O)Nc1ccccc1Oc1cc(C(=O)O)ccn1. The number of nitrogens with zero attached hydrogens (tertiary/aromatic N) is 1. The molecule has 2 aromatic rings. The summed E-state index contributed by atoms with van der Waals surface area (Å²) < 4.78 is 5.51. The van der Waals surface area contributed by atoms with E-state index in [1.807, 2.05) is 0 Å². The predicted octanol–water partition coefficient (Wildman–Crippen LogP) is 2.53. The van der Waals surface area contributed by atoms with Crippen LogP contribution >= 0.6 is 0 Å². The summed E-state index contributed by atoms with van der Waals surface area (Å²) in [6.07, 6.45) is 1.35. The minimum absolute atomic E-state index is 0.0759. The van der Waals surface area contributed by atoms with Gasteiger partial charge in [0, 0.05) is 19.2 Å². The number of amides is 1. The van der Waals surface area contributed by atoms with Crippen molar-refractivity contribution in [3.63, 3.8) is 0 Å². The topological polar surface area (TPSA) is 88.5 Å². The first-order valence-corrected chi connectivity index (χ1v) is 5.80. The highest BCUT2D eigenvalue weighted by Crippen LogP contribution is 2.28. The minimum Gasteiger partial charge on any atom is -0.478 e. The molecule has 1 heterocycles. The molecule has 6 heteroatoms. The Morgan fingerprint density at radius 3 is 2.70 bits per heavy atom. The lowest BCUT2D eigenvalue weighted by Crippen LogP contribution is -2.07. The molecule has 1 amide bonds. The van der Waals surface area contributed by atoms with Gasteiger partial charge in [-0.05, 0) is 18.2 Å². The molecule has 0 aliphatic heterocycles. The molecule has 2 N–H and O–H groups in total. The zero-order chi connectivity index (χ0) is 14.5. The molecule has 6 nitrogen and oxygen atoms in total. The summed E-state index contributed by atoms with van der Waals surface area (Å²) in [5, 5.41) is 11.5. The van der Waals surface area contributed by atoms with Gasteiger partial charge in [0.15, 0.2) is 5.75 Å². The summed E-state index contributed by atoms with van der Waals surface area (Å²) in [6, 6.07) is 9.50. The van der Waals surface area contributed by atoms with Crippen molar-refractivity contribution in [3.8, 4) is 11.6 Å². The van der Waals surface area contributed by atoms with E-state index in [1.165, 1.54) is 25.3 Å². The molecular formula is C14H12N2O4. The number of carbonyl (C=O) groups excluding carboxylic acids is 1. The summed E-state index contributed by atoms with van der Waals surface area (Å²) in [5.41, 5.74) is 0.564. The van der Waals surface area contributed by atoms with Crippen LogP contribution in [0, 0.1) is 0 Å². The maximum absolute atomic E-state index is 11.1. The van der Waals surface area contributed by atoms with Gasteiger partial charge in [-0.15, -0.1) is 0 Å². The molecule has 0 bridgehead atoms. The lowest BCUT2D eigenvalue weighted by Gasteiger charge is -2.10. The molecule has 0 aliphatic carbocycles. The highest BCUT2D eigenvalue weighted by molar-refractivity contribution is 5.90. The van der Waals surface area contributed by atoms with Crippen LogP contribution in [0.1, 0.15) is 17.3 Å². The van der Waals surface area contributed by atoms with Gasteiger partial charge in [-0.3, -0.25) is 4.79 Å². The Bertz CT molecular complexity index is 655. The fourth-order valence-corrected chi connectivity index (χ4v) is 1.56. The molecule has 0 radical (unpaired) electrons. The third kappa shape index (κ3) is 3.32. The van der Waals surface area contributed by atoms with Crippen LogP contribution in [0.5, 0.6) is 11.6 Å². The second kappa shape index (κ2) is 5.83. The number of carboxylic acids is 1. The lowest BCUT2D eigenvalue weighted by atomic mass is 10.2. The third-order valence-electron chi connectivity index (χ3n) is 2.39. The molecule has 0 atom stereocenters. The fraction of sp³-hybridized carbons (Fsp3) is 0.0714. The normalized spacial score (nSPS) is 9.85. The second-order valence-electron chi connectivity index (χ2n) is 3.97. The van der Waals surface area contributed by atoms with Gasteiger partial charge in [-0.2, -0.15) is 0 Å². The Balaban J connectivity index is 2.28. The maximum Gasteiger partial charge on any atom is 0.335 e. The Morgan fingerprint density at radius 1 is 1.25 bits per heavy atom. The number of anilines is 1. The van der Waals surface area contributed by atoms with Gasteiger partial charge in [0.25, 0.3) is 0 Å². The number of hydrogen-bond acceptors (Lipinski definition) is 4. The molecule has 0 fully saturated rings. The number of nitrogens with one attached hydrogen (secondary N) is 1. The molecule has 0 saturated heterocycles. The number of hydrogen-bond donors (Lipinski definition) is 2. The van der Waals surface area contributed by atoms with Crippen molar-refractivity contribution < 1.29 is 19.4 Å². The molecule has 20 heavy (non-hydrogen) atoms. The van der Waals surface area contributed by atoms with Crippen molar-refractivity contribution in [2.45, 2.75) is 6.92 Å². The zero-order valence-corrected chi connectivity index (χ0v) is 10.7. The first-order chi connectivity index (χ1) is 9.56. The van der Waals surface area contributed by atoms with E-state index in [0.717, 1.165) is 0 Å². The highest BCUT2D eigenvalue weighted by Gasteiger charge is 2.09. The number of aromatic nitrogens is 1. The Kier molecular flexibility index (Phi) is 3.95. The molecule has 0 spiro atoms. The highest BCUT2D eigenvalue weighted by atomic mass is 16.5. The Morgan fingerprint density at radius 2 is 2.00 bits per heavy atom. The average Bonchev–Trinajstić information content (AvgIpc) is 2.41. The molecule has 1 aromatic carbocycles. The van der Waals surface area contributed by atoms with Crippen molar-refractivity contribution in [2.24, 2.45) is 0 Å². The minimum atomic E-state index is -1.06. The van der Waals surface area contributed by atoms with Crippen LogP contribution in [0.3, 0.4) is 0 Å². The van der Waals surface area contributed by atoms with Gasteiger partial charge in [0.2, 0.25) is 11.8 Å². The van der Waals surface area contributed by atoms with Crippen molar-refractivity contribution in [1.82, 2.24) is 4.98 Å². The summed E-state index contributed by atoms with van der Waals surface area (Å²) in [4.78, 5) is 25.9. The first kappa shape index (κ1) is 13.5. The Labute approximate surface area is 115 Å². The monoisotopic (exact) mass is 272 g/mol. The molecule has 0 unspecified atom stereocenters. The van der Waals surface area contributed by atoms with Crippen molar-refractivity contribution >= 4 is 17.6 Å². The van der Waals surface area contributed by atoms with E-state index in [0.29, 0.717) is 11.4 Å². The van der Waals surface area contributed by atoms with Crippen LogP contribution in [-0.4, -0.2) is 22.0 Å². The largest absolute Gasteiger partial charge is 0.478 e. The number of ether oxygens (including phenoxy) is 1. The first-order valence-electron chi connectivity index (χ1n) is 5.80. The van der Waals surface area contributed by atoms with Crippen LogP contribution < -0.4 is 10.1 Å². The molecule has 0 aliphatic rings. The van der Waals surface area contributed by atoms with Gasteiger partial charge in [-0.25, -0.2) is 9.78 Å². The standard InChI is InChI=1S/C14H12N2O4/c1-9(17)16-11-4-2-3-5-12(11)20-13-8-10(14(18)19)6-7-15-13/h2-8H,1H3,(H,16,17)(H,18,19). The van der Waals surface area contributed by atoms with Crippen molar-refractivity contribution in [2.75, 3.05) is 5.32 Å². The van der Waals surface area contributed by atoms with Crippen LogP contribution in [0.4, 0.5) is 5.69 Å². The van der Waals surface area contributed by atoms with Crippen LogP contribution in [0.2, 0.25) is 0 Å². The fourth-order valence-electron chi connectivity index (χ4n) is 1.56. The van der Waals surface area contributed by atoms with Crippen LogP contribution in [-0.2, 0) is 4.79 Å². The number of carbonyl (C=O) groups is 2. The van der Waals surface area contributed by atoms with E-state index in [4.69, 9.17) is 9.84 Å². The number of pyridine rings is 1. The van der Waals surface area contributed by atoms with Crippen molar-refractivity contribution in [3.05, 3.63) is 48.2 Å². The number of aromatic carboxylic acids is 1. The number of benzene rings is 1. The number of para-hydroxylation sites is 2. The van der Waals surface area contributed by atoms with E-state index in [9.17, 15) is 9.59 Å². The van der Waals surface area contributed by atoms with Gasteiger partial charge in [0.1, 0.15) is 0 Å². The maximum atomic E-state index is 11.1. The van der Waals surface area contributed by atoms with Crippen molar-refractivity contribution in [1.29, 1.82) is 0 Å². The summed E-state index contributed by atoms with van der Waals surface area (Å²) in [5.74, 6) is -0.763. The number of rotatable bonds is 4. The Hall–Kier alpha value is -2.89. The third-order valence-corrected chi connectivity index (χ3v) is 2.39. The molecule has 2 rings (SSSR count). The molecule has 0 saturated carbocycles. The van der Waals surface area contributed by atoms with Gasteiger partial charge in [0.05, 0.1) is 11.3 Å². The quantitative estimate of drug-likeness (QED) is 0.892. The van der Waals surface area contributed by atoms with Crippen LogP contribution in [0.25, 0.3) is 0 Å². The van der Waals surface area contributed by atoms with Crippen LogP contribution in [0.15, 0.2) is 42.6 Å². The smallest absolute Gasteiger partial charge is 0.335 e. The summed E-state index contributed by atoms with van der Waals surface area (Å²) >= 11 is 0. The zero-order valence-electron chi connectivity index (χ0n) is 10.7.